The maximum Gasteiger partial charge on any atom is 0.118 e. The van der Waals surface area contributed by atoms with Gasteiger partial charge < -0.3 is 10.1 Å². The van der Waals surface area contributed by atoms with E-state index in [0.717, 1.165) is 25.4 Å². The molecule has 0 radical (unpaired) electrons. The van der Waals surface area contributed by atoms with Crippen LogP contribution in [0.1, 0.15) is 29.5 Å². The van der Waals surface area contributed by atoms with Crippen molar-refractivity contribution in [2.24, 2.45) is 0 Å². The van der Waals surface area contributed by atoms with E-state index >= 15 is 0 Å². The Bertz CT molecular complexity index is 724. The first kappa shape index (κ1) is 16.4. The Hall–Kier alpha value is -2.10. The van der Waals surface area contributed by atoms with E-state index in [-0.39, 0.29) is 0 Å². The minimum atomic E-state index is 0.591. The Morgan fingerprint density at radius 3 is 2.32 bits per heavy atom. The summed E-state index contributed by atoms with van der Waals surface area (Å²) in [6.45, 7) is 5.24. The summed E-state index contributed by atoms with van der Waals surface area (Å²) < 4.78 is 5.26. The van der Waals surface area contributed by atoms with Crippen LogP contribution in [0, 0.1) is 0 Å². The Balaban J connectivity index is 1.48. The molecule has 0 saturated carbocycles. The molecule has 25 heavy (non-hydrogen) atoms. The number of methoxy groups -OCH3 is 1. The average molecular weight is 334 g/mol. The van der Waals surface area contributed by atoms with Gasteiger partial charge in [-0.05, 0) is 35.7 Å². The van der Waals surface area contributed by atoms with Gasteiger partial charge in [0, 0.05) is 37.6 Å². The van der Waals surface area contributed by atoms with Crippen molar-refractivity contribution in [3.8, 4) is 5.75 Å². The Morgan fingerprint density at radius 1 is 1.04 bits per heavy atom. The molecule has 3 heteroatoms. The SMILES string of the molecule is C/C=C/c1ccc(C2[C@H]3CNC[C@@H]2N3Cc2ccc(OC)cc2)cc1. The second-order valence-electron chi connectivity index (χ2n) is 7.01. The van der Waals surface area contributed by atoms with Crippen molar-refractivity contribution in [2.75, 3.05) is 20.2 Å². The highest BCUT2D eigenvalue weighted by Gasteiger charge is 2.50. The van der Waals surface area contributed by atoms with Crippen LogP contribution in [0.15, 0.2) is 54.6 Å². The maximum atomic E-state index is 5.26. The van der Waals surface area contributed by atoms with Gasteiger partial charge in [0.2, 0.25) is 0 Å². The largest absolute Gasteiger partial charge is 0.497 e. The lowest BCUT2D eigenvalue weighted by atomic mass is 9.72. The second kappa shape index (κ2) is 7.03. The van der Waals surface area contributed by atoms with E-state index in [9.17, 15) is 0 Å². The summed E-state index contributed by atoms with van der Waals surface area (Å²) >= 11 is 0. The summed E-state index contributed by atoms with van der Waals surface area (Å²) in [6, 6.07) is 18.8. The van der Waals surface area contributed by atoms with Gasteiger partial charge >= 0.3 is 0 Å². The number of likely N-dealkylation sites (tertiary alicyclic amines) is 1. The fraction of sp³-hybridized carbons (Fsp3) is 0.364. The summed E-state index contributed by atoms with van der Waals surface area (Å²) in [5.74, 6) is 1.58. The van der Waals surface area contributed by atoms with Gasteiger partial charge in [0.05, 0.1) is 7.11 Å². The van der Waals surface area contributed by atoms with Gasteiger partial charge in [-0.2, -0.15) is 0 Å². The molecule has 2 aliphatic heterocycles. The Labute approximate surface area is 150 Å². The predicted octanol–water partition coefficient (Wildman–Crippen LogP) is 3.67. The van der Waals surface area contributed by atoms with Crippen molar-refractivity contribution >= 4 is 6.08 Å². The number of hydrogen-bond donors (Lipinski definition) is 1. The lowest BCUT2D eigenvalue weighted by Crippen LogP contribution is -2.72. The molecule has 130 valence electrons. The summed E-state index contributed by atoms with van der Waals surface area (Å²) in [7, 11) is 1.71. The molecule has 3 nitrogen and oxygen atoms in total. The number of rotatable bonds is 5. The normalized spacial score (nSPS) is 25.8. The van der Waals surface area contributed by atoms with Crippen LogP contribution in [0.4, 0.5) is 0 Å². The zero-order chi connectivity index (χ0) is 17.2. The maximum absolute atomic E-state index is 5.26. The van der Waals surface area contributed by atoms with Gasteiger partial charge in [0.1, 0.15) is 5.75 Å². The van der Waals surface area contributed by atoms with Gasteiger partial charge in [0.25, 0.3) is 0 Å². The van der Waals surface area contributed by atoms with Crippen LogP contribution in [0.25, 0.3) is 6.08 Å². The molecule has 0 aromatic heterocycles. The van der Waals surface area contributed by atoms with E-state index in [1.54, 1.807) is 7.11 Å². The monoisotopic (exact) mass is 334 g/mol. The van der Waals surface area contributed by atoms with Crippen LogP contribution in [0.5, 0.6) is 5.75 Å². The molecule has 2 aromatic rings. The first-order valence-corrected chi connectivity index (χ1v) is 9.12. The van der Waals surface area contributed by atoms with Crippen LogP contribution in [-0.4, -0.2) is 37.2 Å². The molecule has 0 spiro atoms. The fourth-order valence-corrected chi connectivity index (χ4v) is 4.32. The number of nitrogens with one attached hydrogen (secondary N) is 1. The van der Waals surface area contributed by atoms with Crippen LogP contribution < -0.4 is 10.1 Å². The van der Waals surface area contributed by atoms with Crippen LogP contribution in [0.2, 0.25) is 0 Å². The summed E-state index contributed by atoms with van der Waals surface area (Å²) in [4.78, 5) is 2.66. The van der Waals surface area contributed by atoms with E-state index in [0.29, 0.717) is 18.0 Å². The third-order valence-corrected chi connectivity index (χ3v) is 5.59. The molecule has 1 N–H and O–H groups in total. The summed E-state index contributed by atoms with van der Waals surface area (Å²) in [5, 5.41) is 3.58. The molecular weight excluding hydrogens is 308 g/mol. The van der Waals surface area contributed by atoms with Crippen molar-refractivity contribution in [2.45, 2.75) is 31.5 Å². The molecule has 0 amide bonds. The second-order valence-corrected chi connectivity index (χ2v) is 7.01. The summed E-state index contributed by atoms with van der Waals surface area (Å²) in [6.07, 6.45) is 4.25. The van der Waals surface area contributed by atoms with E-state index in [1.165, 1.54) is 16.7 Å². The minimum Gasteiger partial charge on any atom is -0.497 e. The summed E-state index contributed by atoms with van der Waals surface area (Å²) in [5.41, 5.74) is 4.12. The van der Waals surface area contributed by atoms with E-state index < -0.39 is 0 Å². The highest BCUT2D eigenvalue weighted by Crippen LogP contribution is 2.43. The van der Waals surface area contributed by atoms with Gasteiger partial charge in [0.15, 0.2) is 0 Å². The standard InChI is InChI=1S/C22H26N2O/c1-3-4-16-5-9-18(10-6-16)22-20-13-23-14-21(22)24(20)15-17-7-11-19(25-2)12-8-17/h3-12,20-23H,13-15H2,1-2H3/b4-3+/t20-,21+,22?. The molecule has 2 bridgehead atoms. The van der Waals surface area contributed by atoms with Crippen molar-refractivity contribution < 1.29 is 4.74 Å². The van der Waals surface area contributed by atoms with Gasteiger partial charge in [-0.15, -0.1) is 0 Å². The van der Waals surface area contributed by atoms with Crippen molar-refractivity contribution in [1.82, 2.24) is 10.2 Å². The molecule has 3 atom stereocenters. The van der Waals surface area contributed by atoms with E-state index in [1.807, 2.05) is 0 Å². The average Bonchev–Trinajstić information content (AvgIpc) is 2.68. The molecule has 2 aromatic carbocycles. The number of hydrogen-bond acceptors (Lipinski definition) is 3. The number of nitrogens with zero attached hydrogens (tertiary/aromatic N) is 1. The van der Waals surface area contributed by atoms with E-state index in [4.69, 9.17) is 4.74 Å². The minimum absolute atomic E-state index is 0.591. The van der Waals surface area contributed by atoms with Gasteiger partial charge in [-0.25, -0.2) is 0 Å². The lowest BCUT2D eigenvalue weighted by Gasteiger charge is -2.59. The zero-order valence-corrected chi connectivity index (χ0v) is 15.0. The smallest absolute Gasteiger partial charge is 0.118 e. The topological polar surface area (TPSA) is 24.5 Å². The zero-order valence-electron chi connectivity index (χ0n) is 15.0. The van der Waals surface area contributed by atoms with Gasteiger partial charge in [-0.3, -0.25) is 4.90 Å². The molecule has 1 unspecified atom stereocenters. The molecule has 2 aliphatic rings. The number of benzene rings is 2. The molecule has 2 heterocycles. The molecule has 4 rings (SSSR count). The number of ether oxygens (including phenoxy) is 1. The van der Waals surface area contributed by atoms with Gasteiger partial charge in [-0.1, -0.05) is 48.6 Å². The highest BCUT2D eigenvalue weighted by molar-refractivity contribution is 5.50. The first-order chi connectivity index (χ1) is 12.3. The highest BCUT2D eigenvalue weighted by atomic mass is 16.5. The number of piperidine rings is 1. The Morgan fingerprint density at radius 2 is 1.72 bits per heavy atom. The molecule has 2 fully saturated rings. The van der Waals surface area contributed by atoms with Crippen LogP contribution in [-0.2, 0) is 6.54 Å². The molecule has 0 aliphatic carbocycles. The molecule has 2 saturated heterocycles. The van der Waals surface area contributed by atoms with E-state index in [2.05, 4.69) is 77.8 Å². The van der Waals surface area contributed by atoms with Crippen molar-refractivity contribution in [3.05, 3.63) is 71.3 Å². The third-order valence-electron chi connectivity index (χ3n) is 5.59. The van der Waals surface area contributed by atoms with Crippen molar-refractivity contribution in [3.63, 3.8) is 0 Å². The Kier molecular flexibility index (Phi) is 4.60. The number of fused-ring (bicyclic) bond motifs is 2. The fourth-order valence-electron chi connectivity index (χ4n) is 4.32. The number of piperazine rings is 1. The number of allylic oxidation sites excluding steroid dienone is 1. The third kappa shape index (κ3) is 3.10. The first-order valence-electron chi connectivity index (χ1n) is 9.12. The predicted molar refractivity (Wildman–Crippen MR) is 103 cm³/mol. The quantitative estimate of drug-likeness (QED) is 0.903. The van der Waals surface area contributed by atoms with Crippen molar-refractivity contribution in [1.29, 1.82) is 0 Å². The lowest BCUT2D eigenvalue weighted by molar-refractivity contribution is -0.0483. The van der Waals surface area contributed by atoms with Crippen LogP contribution >= 0.6 is 0 Å². The molecular formula is C22H26N2O. The van der Waals surface area contributed by atoms with Crippen LogP contribution in [0.3, 0.4) is 0 Å².